The van der Waals surface area contributed by atoms with Gasteiger partial charge in [0, 0.05) is 69.0 Å². The zero-order valence-corrected chi connectivity index (χ0v) is 26.3. The maximum absolute atomic E-state index is 15.2. The van der Waals surface area contributed by atoms with E-state index in [0.29, 0.717) is 54.9 Å². The Morgan fingerprint density at radius 1 is 1.02 bits per heavy atom. The van der Waals surface area contributed by atoms with Gasteiger partial charge in [-0.25, -0.2) is 27.6 Å². The van der Waals surface area contributed by atoms with E-state index >= 15 is 4.39 Å². The number of amides is 2. The number of carbonyl (C=O) groups is 1. The summed E-state index contributed by atoms with van der Waals surface area (Å²) in [4.78, 5) is 25.0. The van der Waals surface area contributed by atoms with E-state index in [1.54, 1.807) is 6.07 Å². The number of halogens is 4. The van der Waals surface area contributed by atoms with Gasteiger partial charge in [-0.1, -0.05) is 12.1 Å². The van der Waals surface area contributed by atoms with Gasteiger partial charge in [0.25, 0.3) is 0 Å². The van der Waals surface area contributed by atoms with Crippen molar-refractivity contribution in [3.8, 4) is 11.1 Å². The van der Waals surface area contributed by atoms with Crippen LogP contribution in [0, 0.1) is 5.82 Å². The van der Waals surface area contributed by atoms with Gasteiger partial charge in [-0.3, -0.25) is 9.80 Å². The van der Waals surface area contributed by atoms with Gasteiger partial charge in [0.15, 0.2) is 0 Å². The first-order valence-electron chi connectivity index (χ1n) is 15.1. The quantitative estimate of drug-likeness (QED) is 0.212. The molecule has 0 atom stereocenters. The highest BCUT2D eigenvalue weighted by atomic mass is 32.2. The number of anilines is 3. The summed E-state index contributed by atoms with van der Waals surface area (Å²) in [6.45, 7) is 2.47. The van der Waals surface area contributed by atoms with Crippen LogP contribution in [0.25, 0.3) is 22.2 Å². The molecule has 0 radical (unpaired) electrons. The van der Waals surface area contributed by atoms with E-state index in [4.69, 9.17) is 5.73 Å². The lowest BCUT2D eigenvalue weighted by atomic mass is 10.0. The largest absolute Gasteiger partial charge is 0.416 e. The van der Waals surface area contributed by atoms with E-state index in [-0.39, 0.29) is 41.1 Å². The number of fused-ring (bicyclic) bond motifs is 1. The molecule has 47 heavy (non-hydrogen) atoms. The number of sulfone groups is 1. The second-order valence-corrected chi connectivity index (χ2v) is 14.3. The number of alkyl halides is 3. The number of nitrogens with two attached hydrogens (primary N) is 1. The first-order valence-corrected chi connectivity index (χ1v) is 17.1. The monoisotopic (exact) mass is 674 g/mol. The molecule has 250 valence electrons. The molecule has 6 rings (SSSR count). The van der Waals surface area contributed by atoms with Gasteiger partial charge in [-0.05, 0) is 48.2 Å². The number of urea groups is 1. The van der Waals surface area contributed by atoms with Crippen molar-refractivity contribution >= 4 is 44.1 Å². The van der Waals surface area contributed by atoms with Gasteiger partial charge >= 0.3 is 12.2 Å². The summed E-state index contributed by atoms with van der Waals surface area (Å²) in [5.74, 6) is -0.452. The minimum absolute atomic E-state index is 0.0309. The van der Waals surface area contributed by atoms with Crippen LogP contribution in [0.4, 0.5) is 39.5 Å². The molecule has 1 saturated heterocycles. The Bertz CT molecular complexity index is 1920. The Labute approximate surface area is 268 Å². The molecule has 2 fully saturated rings. The molecule has 4 aromatic rings. The highest BCUT2D eigenvalue weighted by molar-refractivity contribution is 7.90. The predicted molar refractivity (Wildman–Crippen MR) is 171 cm³/mol. The van der Waals surface area contributed by atoms with E-state index in [1.165, 1.54) is 36.8 Å². The van der Waals surface area contributed by atoms with Crippen molar-refractivity contribution in [2.45, 2.75) is 31.6 Å². The molecule has 3 heterocycles. The van der Waals surface area contributed by atoms with Crippen LogP contribution in [-0.2, 0) is 22.6 Å². The lowest BCUT2D eigenvalue weighted by Crippen LogP contribution is -2.47. The number of hydrogen-bond acceptors (Lipinski definition) is 8. The Balaban J connectivity index is 1.12. The third-order valence-electron chi connectivity index (χ3n) is 8.42. The number of nitrogen functional groups attached to an aromatic ring is 1. The van der Waals surface area contributed by atoms with Crippen molar-refractivity contribution < 1.29 is 30.8 Å². The maximum Gasteiger partial charge on any atom is 0.416 e. The van der Waals surface area contributed by atoms with Crippen LogP contribution in [0.2, 0.25) is 0 Å². The number of aromatic nitrogens is 3. The second-order valence-electron chi connectivity index (χ2n) is 12.0. The molecule has 4 N–H and O–H groups in total. The molecular formula is C31H34F4N8O3S. The first-order chi connectivity index (χ1) is 22.2. The SMILES string of the molecule is CS(=O)(=O)CCN1CCN(Cc2ccc(NC(=O)Nc3ccc(-c4cn(C5CC5)c5ncnc(N)c45)cc3F)cc2C(F)(F)F)CC1. The van der Waals surface area contributed by atoms with Crippen LogP contribution >= 0.6 is 0 Å². The number of nitrogens with zero attached hydrogens (tertiary/aromatic N) is 5. The molecule has 2 aromatic carbocycles. The average molecular weight is 675 g/mol. The van der Waals surface area contributed by atoms with Gasteiger partial charge in [-0.2, -0.15) is 13.2 Å². The Hall–Kier alpha value is -4.28. The summed E-state index contributed by atoms with van der Waals surface area (Å²) >= 11 is 0. The summed E-state index contributed by atoms with van der Waals surface area (Å²) in [6.07, 6.45) is 1.74. The van der Waals surface area contributed by atoms with Crippen LogP contribution in [0.3, 0.4) is 0 Å². The fraction of sp³-hybridized carbons (Fsp3) is 0.387. The summed E-state index contributed by atoms with van der Waals surface area (Å²) in [5, 5.41) is 5.35. The molecular weight excluding hydrogens is 640 g/mol. The number of rotatable bonds is 9. The molecule has 0 spiro atoms. The zero-order chi connectivity index (χ0) is 33.5. The van der Waals surface area contributed by atoms with Crippen molar-refractivity contribution in [1.82, 2.24) is 24.3 Å². The minimum atomic E-state index is -4.68. The summed E-state index contributed by atoms with van der Waals surface area (Å²) < 4.78 is 82.3. The Morgan fingerprint density at radius 3 is 2.40 bits per heavy atom. The van der Waals surface area contributed by atoms with Crippen LogP contribution in [0.1, 0.15) is 30.0 Å². The van der Waals surface area contributed by atoms with Crippen LogP contribution in [0.15, 0.2) is 48.9 Å². The highest BCUT2D eigenvalue weighted by Crippen LogP contribution is 2.42. The molecule has 1 aliphatic heterocycles. The standard InChI is InChI=1S/C31H34F4N8O3S/c1-47(45,46)13-12-41-8-10-42(11-9-41)16-20-2-4-21(15-24(20)31(33,34)35)39-30(44)40-26-7-3-19(14-25(26)32)23-17-43(22-5-6-22)29-27(23)28(36)37-18-38-29/h2-4,7,14-15,17-18,22H,5-6,8-13,16H2,1H3,(H2,36,37,38)(H2,39,40,44). The number of benzene rings is 2. The van der Waals surface area contributed by atoms with Crippen molar-refractivity contribution in [2.75, 3.05) is 61.1 Å². The molecule has 0 unspecified atom stereocenters. The van der Waals surface area contributed by atoms with Crippen molar-refractivity contribution in [3.63, 3.8) is 0 Å². The van der Waals surface area contributed by atoms with Gasteiger partial charge in [-0.15, -0.1) is 0 Å². The summed E-state index contributed by atoms with van der Waals surface area (Å²) in [5.41, 5.74) is 6.83. The van der Waals surface area contributed by atoms with E-state index in [2.05, 4.69) is 20.6 Å². The van der Waals surface area contributed by atoms with E-state index in [1.807, 2.05) is 20.6 Å². The van der Waals surface area contributed by atoms with Crippen molar-refractivity contribution in [1.29, 1.82) is 0 Å². The smallest absolute Gasteiger partial charge is 0.383 e. The third-order valence-corrected chi connectivity index (χ3v) is 9.34. The van der Waals surface area contributed by atoms with Crippen LogP contribution in [0.5, 0.6) is 0 Å². The predicted octanol–water partition coefficient (Wildman–Crippen LogP) is 4.98. The van der Waals surface area contributed by atoms with Gasteiger partial charge < -0.3 is 20.9 Å². The van der Waals surface area contributed by atoms with Gasteiger partial charge in [0.1, 0.15) is 33.4 Å². The molecule has 2 aromatic heterocycles. The Kier molecular flexibility index (Phi) is 8.84. The molecule has 0 bridgehead atoms. The zero-order valence-electron chi connectivity index (χ0n) is 25.5. The van der Waals surface area contributed by atoms with E-state index < -0.39 is 33.4 Å². The number of carbonyl (C=O) groups excluding carboxylic acids is 1. The molecule has 1 saturated carbocycles. The number of hydrogen-bond donors (Lipinski definition) is 3. The minimum Gasteiger partial charge on any atom is -0.383 e. The average Bonchev–Trinajstić information content (AvgIpc) is 3.77. The lowest BCUT2D eigenvalue weighted by molar-refractivity contribution is -0.138. The third kappa shape index (κ3) is 7.66. The molecule has 2 amide bonds. The van der Waals surface area contributed by atoms with Crippen LogP contribution < -0.4 is 16.4 Å². The maximum atomic E-state index is 15.2. The number of piperazine rings is 1. The van der Waals surface area contributed by atoms with Crippen LogP contribution in [-0.4, -0.2) is 83.5 Å². The molecule has 2 aliphatic rings. The fourth-order valence-electron chi connectivity index (χ4n) is 5.79. The number of nitrogens with one attached hydrogen (secondary N) is 2. The van der Waals surface area contributed by atoms with Crippen molar-refractivity contribution in [3.05, 3.63) is 65.9 Å². The van der Waals surface area contributed by atoms with Gasteiger partial charge in [0.2, 0.25) is 0 Å². The Morgan fingerprint density at radius 2 is 1.74 bits per heavy atom. The topological polar surface area (TPSA) is 138 Å². The molecule has 16 heteroatoms. The van der Waals surface area contributed by atoms with E-state index in [9.17, 15) is 26.4 Å². The van der Waals surface area contributed by atoms with Crippen molar-refractivity contribution in [2.24, 2.45) is 0 Å². The molecule has 1 aliphatic carbocycles. The second kappa shape index (κ2) is 12.7. The fourth-order valence-corrected chi connectivity index (χ4v) is 6.38. The van der Waals surface area contributed by atoms with Gasteiger partial charge in [0.05, 0.1) is 22.4 Å². The normalized spacial score (nSPS) is 16.4. The summed E-state index contributed by atoms with van der Waals surface area (Å²) in [7, 11) is -3.10. The highest BCUT2D eigenvalue weighted by Gasteiger charge is 2.34. The first kappa shape index (κ1) is 32.7. The molecule has 11 nitrogen and oxygen atoms in total. The summed E-state index contributed by atoms with van der Waals surface area (Å²) in [6, 6.07) is 7.15. The van der Waals surface area contributed by atoms with E-state index in [0.717, 1.165) is 18.9 Å². The lowest BCUT2D eigenvalue weighted by Gasteiger charge is -2.35.